The Kier molecular flexibility index (Phi) is 6.16. The Balaban J connectivity index is 1.16. The van der Waals surface area contributed by atoms with Gasteiger partial charge in [0.2, 0.25) is 5.91 Å². The van der Waals surface area contributed by atoms with Crippen LogP contribution < -0.4 is 15.0 Å². The minimum absolute atomic E-state index is 0.149. The summed E-state index contributed by atoms with van der Waals surface area (Å²) in [6.45, 7) is 3.07. The van der Waals surface area contributed by atoms with E-state index in [9.17, 15) is 4.79 Å². The van der Waals surface area contributed by atoms with Gasteiger partial charge in [0.1, 0.15) is 30.0 Å². The summed E-state index contributed by atoms with van der Waals surface area (Å²) in [4.78, 5) is 30.5. The van der Waals surface area contributed by atoms with Crippen molar-refractivity contribution in [2.75, 3.05) is 23.8 Å². The molecule has 1 N–H and O–H groups in total. The van der Waals surface area contributed by atoms with Gasteiger partial charge in [-0.3, -0.25) is 9.69 Å². The fraction of sp³-hybridized carbons (Fsp3) is 0.194. The molecule has 3 aromatic heterocycles. The number of carbonyl (C=O) groups excluding carboxylic acids is 1. The van der Waals surface area contributed by atoms with Crippen molar-refractivity contribution in [2.45, 2.75) is 25.8 Å². The molecule has 1 saturated heterocycles. The largest absolute Gasteiger partial charge is 0.457 e. The number of hydrogen-bond acceptors (Lipinski definition) is 8. The molecule has 0 bridgehead atoms. The van der Waals surface area contributed by atoms with E-state index in [1.54, 1.807) is 16.9 Å². The van der Waals surface area contributed by atoms with E-state index >= 15 is 0 Å². The number of amides is 1. The molecule has 2 aliphatic rings. The molecule has 0 aliphatic carbocycles. The number of aryl methyl sites for hydroxylation is 1. The number of pyridine rings is 1. The lowest BCUT2D eigenvalue weighted by Crippen LogP contribution is -2.23. The van der Waals surface area contributed by atoms with Gasteiger partial charge >= 0.3 is 0 Å². The second-order valence-corrected chi connectivity index (χ2v) is 10.3. The van der Waals surface area contributed by atoms with Gasteiger partial charge in [0.25, 0.3) is 0 Å². The number of rotatable bonds is 6. The standard InChI is InChI=1S/C31H28N8O2/c1-20-16-22(5-9-27(20)41-23-11-15-39-28(17-23)33-19-35-39)38-14-12-24-25(7-8-26-30(24)31(38)34-18-32-26)36-29(40)10-6-21-4-3-13-37(21)2/h5-12,14-19,21H,3-4,13H2,1-2H3,(H,36,40). The SMILES string of the molecule is Cc1cc(N2C=Cc3c(NC(=O)C=CC4CCCN4C)ccc4ncnc2c34)ccc1Oc1ccn2ncnc2c1. The van der Waals surface area contributed by atoms with Crippen LogP contribution in [0.4, 0.5) is 17.2 Å². The first-order valence-electron chi connectivity index (χ1n) is 13.6. The third-order valence-corrected chi connectivity index (χ3v) is 7.66. The number of likely N-dealkylation sites (tertiary alicyclic amines) is 1. The lowest BCUT2D eigenvalue weighted by Gasteiger charge is -2.26. The zero-order valence-corrected chi connectivity index (χ0v) is 22.7. The maximum atomic E-state index is 12.8. The van der Waals surface area contributed by atoms with Gasteiger partial charge in [-0.05, 0) is 81.4 Å². The molecule has 10 heteroatoms. The minimum atomic E-state index is -0.149. The van der Waals surface area contributed by atoms with Crippen molar-refractivity contribution in [1.82, 2.24) is 29.5 Å². The Morgan fingerprint density at radius 1 is 1.10 bits per heavy atom. The maximum Gasteiger partial charge on any atom is 0.248 e. The van der Waals surface area contributed by atoms with E-state index in [1.807, 2.05) is 72.8 Å². The number of carbonyl (C=O) groups is 1. The van der Waals surface area contributed by atoms with E-state index < -0.39 is 0 Å². The highest BCUT2D eigenvalue weighted by atomic mass is 16.5. The summed E-state index contributed by atoms with van der Waals surface area (Å²) in [6, 6.07) is 13.8. The van der Waals surface area contributed by atoms with Crippen molar-refractivity contribution >= 4 is 45.7 Å². The minimum Gasteiger partial charge on any atom is -0.457 e. The molecule has 204 valence electrons. The van der Waals surface area contributed by atoms with Crippen LogP contribution in [0, 0.1) is 6.92 Å². The number of hydrogen-bond donors (Lipinski definition) is 1. The predicted molar refractivity (Wildman–Crippen MR) is 158 cm³/mol. The molecule has 5 aromatic rings. The Hall–Kier alpha value is -5.09. The van der Waals surface area contributed by atoms with Gasteiger partial charge in [-0.1, -0.05) is 6.08 Å². The van der Waals surface area contributed by atoms with Gasteiger partial charge in [0.15, 0.2) is 5.65 Å². The molecule has 10 nitrogen and oxygen atoms in total. The molecule has 2 aromatic carbocycles. The second kappa shape index (κ2) is 10.1. The van der Waals surface area contributed by atoms with Gasteiger partial charge in [-0.2, -0.15) is 5.10 Å². The van der Waals surface area contributed by atoms with Gasteiger partial charge in [0, 0.05) is 47.5 Å². The number of anilines is 3. The lowest BCUT2D eigenvalue weighted by molar-refractivity contribution is -0.111. The van der Waals surface area contributed by atoms with Crippen LogP contribution in [0.3, 0.4) is 0 Å². The number of nitrogens with zero attached hydrogens (tertiary/aromatic N) is 7. The average molecular weight is 545 g/mol. The number of likely N-dealkylation sites (N-methyl/N-ethyl adjacent to an activating group) is 1. The van der Waals surface area contributed by atoms with Gasteiger partial charge in [0.05, 0.1) is 10.9 Å². The smallest absolute Gasteiger partial charge is 0.248 e. The molecule has 1 amide bonds. The molecular weight excluding hydrogens is 516 g/mol. The van der Waals surface area contributed by atoms with Crippen molar-refractivity contribution in [1.29, 1.82) is 0 Å². The molecule has 7 rings (SSSR count). The summed E-state index contributed by atoms with van der Waals surface area (Å²) in [5.74, 6) is 2.03. The third-order valence-electron chi connectivity index (χ3n) is 7.66. The van der Waals surface area contributed by atoms with Crippen LogP contribution in [0.5, 0.6) is 11.5 Å². The Morgan fingerprint density at radius 2 is 2.02 bits per heavy atom. The van der Waals surface area contributed by atoms with Crippen molar-refractivity contribution in [2.24, 2.45) is 0 Å². The normalized spacial score (nSPS) is 16.7. The molecule has 5 heterocycles. The monoisotopic (exact) mass is 544 g/mol. The molecule has 0 saturated carbocycles. The molecule has 1 unspecified atom stereocenters. The van der Waals surface area contributed by atoms with E-state index in [1.165, 1.54) is 6.33 Å². The molecular formula is C31H28N8O2. The van der Waals surface area contributed by atoms with Gasteiger partial charge in [-0.25, -0.2) is 19.5 Å². The summed E-state index contributed by atoms with van der Waals surface area (Å²) >= 11 is 0. The second-order valence-electron chi connectivity index (χ2n) is 10.3. The maximum absolute atomic E-state index is 12.8. The molecule has 0 spiro atoms. The molecule has 1 fully saturated rings. The average Bonchev–Trinajstić information content (AvgIpc) is 3.62. The van der Waals surface area contributed by atoms with Crippen LogP contribution in [-0.4, -0.2) is 55.0 Å². The summed E-state index contributed by atoms with van der Waals surface area (Å²) in [7, 11) is 2.09. The first kappa shape index (κ1) is 24.9. The fourth-order valence-corrected chi connectivity index (χ4v) is 5.49. The van der Waals surface area contributed by atoms with Crippen molar-refractivity contribution in [3.05, 3.63) is 90.8 Å². The van der Waals surface area contributed by atoms with E-state index in [4.69, 9.17) is 4.74 Å². The summed E-state index contributed by atoms with van der Waals surface area (Å²) in [5, 5.41) is 8.07. The zero-order valence-electron chi connectivity index (χ0n) is 22.7. The highest BCUT2D eigenvalue weighted by Crippen LogP contribution is 2.40. The molecule has 41 heavy (non-hydrogen) atoms. The molecule has 1 atom stereocenters. The summed E-state index contributed by atoms with van der Waals surface area (Å²) in [5.41, 5.74) is 5.03. The summed E-state index contributed by atoms with van der Waals surface area (Å²) < 4.78 is 7.85. The van der Waals surface area contributed by atoms with Gasteiger partial charge in [-0.15, -0.1) is 0 Å². The predicted octanol–water partition coefficient (Wildman–Crippen LogP) is 5.48. The fourth-order valence-electron chi connectivity index (χ4n) is 5.49. The molecule has 2 aliphatic heterocycles. The quantitative estimate of drug-likeness (QED) is 0.280. The van der Waals surface area contributed by atoms with Crippen LogP contribution >= 0.6 is 0 Å². The van der Waals surface area contributed by atoms with Crippen molar-refractivity contribution < 1.29 is 9.53 Å². The first-order valence-corrected chi connectivity index (χ1v) is 13.6. The summed E-state index contributed by atoms with van der Waals surface area (Å²) in [6.07, 6.45) is 14.7. The number of benzene rings is 2. The first-order chi connectivity index (χ1) is 20.0. The third kappa shape index (κ3) is 4.68. The van der Waals surface area contributed by atoms with E-state index in [0.29, 0.717) is 11.8 Å². The van der Waals surface area contributed by atoms with Crippen LogP contribution in [0.15, 0.2) is 79.7 Å². The topological polar surface area (TPSA) is 101 Å². The van der Waals surface area contributed by atoms with Crippen LogP contribution in [0.25, 0.3) is 22.6 Å². The number of aromatic nitrogens is 5. The van der Waals surface area contributed by atoms with Crippen LogP contribution in [-0.2, 0) is 4.79 Å². The Bertz CT molecular complexity index is 1860. The van der Waals surface area contributed by atoms with Crippen LogP contribution in [0.2, 0.25) is 0 Å². The van der Waals surface area contributed by atoms with E-state index in [-0.39, 0.29) is 5.91 Å². The molecule has 0 radical (unpaired) electrons. The number of ether oxygens (including phenoxy) is 1. The van der Waals surface area contributed by atoms with Crippen molar-refractivity contribution in [3.8, 4) is 11.5 Å². The zero-order chi connectivity index (χ0) is 27.9. The van der Waals surface area contributed by atoms with E-state index in [0.717, 1.165) is 70.0 Å². The Labute approximate surface area is 236 Å². The lowest BCUT2D eigenvalue weighted by atomic mass is 10.0. The van der Waals surface area contributed by atoms with Crippen molar-refractivity contribution in [3.63, 3.8) is 0 Å². The Morgan fingerprint density at radius 3 is 2.88 bits per heavy atom. The van der Waals surface area contributed by atoms with E-state index in [2.05, 4.69) is 43.4 Å². The number of nitrogens with one attached hydrogen (secondary N) is 1. The van der Waals surface area contributed by atoms with Crippen LogP contribution in [0.1, 0.15) is 24.0 Å². The highest BCUT2D eigenvalue weighted by molar-refractivity contribution is 6.08. The van der Waals surface area contributed by atoms with Gasteiger partial charge < -0.3 is 15.0 Å². The highest BCUT2D eigenvalue weighted by Gasteiger charge is 2.22. The number of fused-ring (bicyclic) bond motifs is 1.